The highest BCUT2D eigenvalue weighted by molar-refractivity contribution is 7.80. The first-order chi connectivity index (χ1) is 8.56. The van der Waals surface area contributed by atoms with Crippen LogP contribution in [0.15, 0.2) is 12.1 Å². The van der Waals surface area contributed by atoms with Crippen molar-refractivity contribution >= 4 is 23.0 Å². The molecule has 0 aliphatic rings. The zero-order chi connectivity index (χ0) is 13.5. The van der Waals surface area contributed by atoms with E-state index in [9.17, 15) is 0 Å². The Morgan fingerprint density at radius 1 is 1.39 bits per heavy atom. The molecule has 1 aromatic rings. The van der Waals surface area contributed by atoms with E-state index in [0.29, 0.717) is 4.99 Å². The van der Waals surface area contributed by atoms with E-state index in [0.717, 1.165) is 43.3 Å². The second-order valence-corrected chi connectivity index (χ2v) is 4.64. The number of hydrogen-bond donors (Lipinski definition) is 2. The summed E-state index contributed by atoms with van der Waals surface area (Å²) in [5.41, 5.74) is 7.42. The van der Waals surface area contributed by atoms with Gasteiger partial charge >= 0.3 is 0 Å². The molecule has 0 fully saturated rings. The largest absolute Gasteiger partial charge is 0.389 e. The monoisotopic (exact) mass is 266 g/mol. The van der Waals surface area contributed by atoms with Crippen LogP contribution in [0.3, 0.4) is 0 Å². The van der Waals surface area contributed by atoms with Gasteiger partial charge in [-0.25, -0.2) is 4.98 Å². The molecule has 0 radical (unpaired) electrons. The number of nitrogens with two attached hydrogens (primary N) is 1. The van der Waals surface area contributed by atoms with Crippen molar-refractivity contribution in [1.29, 1.82) is 0 Å². The second-order valence-electron chi connectivity index (χ2n) is 4.20. The Hall–Kier alpha value is -1.20. The Balaban J connectivity index is 2.59. The fourth-order valence-corrected chi connectivity index (χ4v) is 1.90. The lowest BCUT2D eigenvalue weighted by atomic mass is 10.2. The Kier molecular flexibility index (Phi) is 6.01. The fourth-order valence-electron chi connectivity index (χ4n) is 1.78. The SMILES string of the molecule is CCN(CC)CCNc1cc(C(N)=S)cc(C)n1. The van der Waals surface area contributed by atoms with Crippen LogP contribution in [0.2, 0.25) is 0 Å². The average molecular weight is 266 g/mol. The number of aromatic nitrogens is 1. The quantitative estimate of drug-likeness (QED) is 0.737. The third-order valence-electron chi connectivity index (χ3n) is 2.87. The molecule has 5 heteroatoms. The Morgan fingerprint density at radius 3 is 2.61 bits per heavy atom. The van der Waals surface area contributed by atoms with Crippen molar-refractivity contribution < 1.29 is 0 Å². The van der Waals surface area contributed by atoms with Gasteiger partial charge in [0.05, 0.1) is 0 Å². The molecular formula is C13H22N4S. The predicted molar refractivity (Wildman–Crippen MR) is 81.1 cm³/mol. The lowest BCUT2D eigenvalue weighted by Crippen LogP contribution is -2.28. The number of nitrogens with zero attached hydrogens (tertiary/aromatic N) is 2. The summed E-state index contributed by atoms with van der Waals surface area (Å²) in [5.74, 6) is 0.838. The minimum Gasteiger partial charge on any atom is -0.389 e. The van der Waals surface area contributed by atoms with Crippen LogP contribution in [-0.4, -0.2) is 41.1 Å². The van der Waals surface area contributed by atoms with Crippen LogP contribution in [-0.2, 0) is 0 Å². The molecule has 0 aliphatic carbocycles. The molecule has 0 amide bonds. The van der Waals surface area contributed by atoms with Crippen molar-refractivity contribution in [2.24, 2.45) is 5.73 Å². The highest BCUT2D eigenvalue weighted by atomic mass is 32.1. The van der Waals surface area contributed by atoms with Gasteiger partial charge in [0.2, 0.25) is 0 Å². The maximum absolute atomic E-state index is 5.64. The van der Waals surface area contributed by atoms with Crippen molar-refractivity contribution in [1.82, 2.24) is 9.88 Å². The van der Waals surface area contributed by atoms with Crippen molar-refractivity contribution in [2.45, 2.75) is 20.8 Å². The first kappa shape index (κ1) is 14.9. The number of nitrogens with one attached hydrogen (secondary N) is 1. The van der Waals surface area contributed by atoms with Gasteiger partial charge < -0.3 is 16.0 Å². The van der Waals surface area contributed by atoms with Gasteiger partial charge in [-0.1, -0.05) is 26.1 Å². The van der Waals surface area contributed by atoms with E-state index in [-0.39, 0.29) is 0 Å². The molecular weight excluding hydrogens is 244 g/mol. The normalized spacial score (nSPS) is 10.7. The van der Waals surface area contributed by atoms with Gasteiger partial charge in [-0.2, -0.15) is 0 Å². The number of pyridine rings is 1. The molecule has 1 aromatic heterocycles. The highest BCUT2D eigenvalue weighted by Crippen LogP contribution is 2.09. The van der Waals surface area contributed by atoms with Crippen LogP contribution in [0.1, 0.15) is 25.1 Å². The minimum atomic E-state index is 0.410. The van der Waals surface area contributed by atoms with E-state index in [4.69, 9.17) is 18.0 Å². The van der Waals surface area contributed by atoms with Gasteiger partial charge in [-0.05, 0) is 32.1 Å². The summed E-state index contributed by atoms with van der Waals surface area (Å²) >= 11 is 4.99. The summed E-state index contributed by atoms with van der Waals surface area (Å²) in [6, 6.07) is 3.80. The van der Waals surface area contributed by atoms with Crippen molar-refractivity contribution in [3.05, 3.63) is 23.4 Å². The molecule has 100 valence electrons. The minimum absolute atomic E-state index is 0.410. The summed E-state index contributed by atoms with van der Waals surface area (Å²) in [7, 11) is 0. The number of thiocarbonyl (C=S) groups is 1. The number of anilines is 1. The standard InChI is InChI=1S/C13H22N4S/c1-4-17(5-2)7-6-15-12-9-11(13(14)18)8-10(3)16-12/h8-9H,4-7H2,1-3H3,(H2,14,18)(H,15,16). The molecule has 0 atom stereocenters. The van der Waals surface area contributed by atoms with Crippen molar-refractivity contribution in [3.8, 4) is 0 Å². The maximum Gasteiger partial charge on any atom is 0.126 e. The molecule has 0 saturated heterocycles. The van der Waals surface area contributed by atoms with E-state index in [2.05, 4.69) is 29.0 Å². The van der Waals surface area contributed by atoms with E-state index in [1.54, 1.807) is 0 Å². The molecule has 0 unspecified atom stereocenters. The first-order valence-electron chi connectivity index (χ1n) is 6.31. The molecule has 1 heterocycles. The third kappa shape index (κ3) is 4.58. The van der Waals surface area contributed by atoms with E-state index >= 15 is 0 Å². The van der Waals surface area contributed by atoms with Gasteiger partial charge in [0, 0.05) is 24.3 Å². The topological polar surface area (TPSA) is 54.2 Å². The molecule has 0 aliphatic heterocycles. The summed E-state index contributed by atoms with van der Waals surface area (Å²) in [4.78, 5) is 7.19. The first-order valence-corrected chi connectivity index (χ1v) is 6.72. The third-order valence-corrected chi connectivity index (χ3v) is 3.10. The Morgan fingerprint density at radius 2 is 2.06 bits per heavy atom. The molecule has 0 spiro atoms. The van der Waals surface area contributed by atoms with Crippen molar-refractivity contribution in [2.75, 3.05) is 31.5 Å². The zero-order valence-electron chi connectivity index (χ0n) is 11.4. The molecule has 4 nitrogen and oxygen atoms in total. The molecule has 0 saturated carbocycles. The van der Waals surface area contributed by atoms with Crippen LogP contribution in [0, 0.1) is 6.92 Å². The molecule has 3 N–H and O–H groups in total. The van der Waals surface area contributed by atoms with Gasteiger partial charge in [-0.15, -0.1) is 0 Å². The highest BCUT2D eigenvalue weighted by Gasteiger charge is 2.03. The van der Waals surface area contributed by atoms with Crippen LogP contribution in [0.25, 0.3) is 0 Å². The van der Waals surface area contributed by atoms with E-state index < -0.39 is 0 Å². The number of hydrogen-bond acceptors (Lipinski definition) is 4. The van der Waals surface area contributed by atoms with Gasteiger partial charge in [0.1, 0.15) is 10.8 Å². The smallest absolute Gasteiger partial charge is 0.126 e. The fraction of sp³-hybridized carbons (Fsp3) is 0.538. The van der Waals surface area contributed by atoms with Crippen LogP contribution in [0.4, 0.5) is 5.82 Å². The molecule has 0 bridgehead atoms. The number of likely N-dealkylation sites (N-methyl/N-ethyl adjacent to an activating group) is 1. The number of rotatable bonds is 7. The number of aryl methyl sites for hydroxylation is 1. The molecule has 18 heavy (non-hydrogen) atoms. The maximum atomic E-state index is 5.64. The second kappa shape index (κ2) is 7.28. The van der Waals surface area contributed by atoms with Crippen molar-refractivity contribution in [3.63, 3.8) is 0 Å². The van der Waals surface area contributed by atoms with Gasteiger partial charge in [-0.3, -0.25) is 0 Å². The summed E-state index contributed by atoms with van der Waals surface area (Å²) < 4.78 is 0. The lowest BCUT2D eigenvalue weighted by molar-refractivity contribution is 0.316. The van der Waals surface area contributed by atoms with Crippen LogP contribution in [0.5, 0.6) is 0 Å². The van der Waals surface area contributed by atoms with Crippen LogP contribution >= 0.6 is 12.2 Å². The Labute approximate surface area is 115 Å². The average Bonchev–Trinajstić information content (AvgIpc) is 2.34. The van der Waals surface area contributed by atoms with Gasteiger partial charge in [0.15, 0.2) is 0 Å². The molecule has 1 rings (SSSR count). The Bertz CT molecular complexity index is 402. The van der Waals surface area contributed by atoms with E-state index in [1.165, 1.54) is 0 Å². The summed E-state index contributed by atoms with van der Waals surface area (Å²) in [5, 5.41) is 3.31. The molecule has 0 aromatic carbocycles. The predicted octanol–water partition coefficient (Wildman–Crippen LogP) is 1.78. The summed E-state index contributed by atoms with van der Waals surface area (Å²) in [6.45, 7) is 10.3. The lowest BCUT2D eigenvalue weighted by Gasteiger charge is -2.18. The summed E-state index contributed by atoms with van der Waals surface area (Å²) in [6.07, 6.45) is 0. The van der Waals surface area contributed by atoms with Gasteiger partial charge in [0.25, 0.3) is 0 Å². The zero-order valence-corrected chi connectivity index (χ0v) is 12.2. The van der Waals surface area contributed by atoms with E-state index in [1.807, 2.05) is 19.1 Å². The van der Waals surface area contributed by atoms with Crippen LogP contribution < -0.4 is 11.1 Å².